The molecule has 0 radical (unpaired) electrons. The maximum Gasteiger partial charge on any atom is 0.348 e. The summed E-state index contributed by atoms with van der Waals surface area (Å²) in [5, 5.41) is 19.2. The summed E-state index contributed by atoms with van der Waals surface area (Å²) in [6.45, 7) is 4.90. The Hall–Kier alpha value is -2.97. The Bertz CT molecular complexity index is 925. The molecular formula is C21H25NO7. The molecule has 2 aromatic rings. The van der Waals surface area contributed by atoms with Crippen LogP contribution < -0.4 is 5.56 Å². The van der Waals surface area contributed by atoms with Gasteiger partial charge in [0.15, 0.2) is 0 Å². The summed E-state index contributed by atoms with van der Waals surface area (Å²) < 4.78 is 11.9. The number of rotatable bonds is 8. The third-order valence-corrected chi connectivity index (χ3v) is 4.18. The van der Waals surface area contributed by atoms with Gasteiger partial charge in [0.2, 0.25) is 0 Å². The molecule has 0 unspecified atom stereocenters. The van der Waals surface area contributed by atoms with Crippen molar-refractivity contribution in [2.24, 2.45) is 0 Å². The Morgan fingerprint density at radius 3 is 2.10 bits per heavy atom. The van der Waals surface area contributed by atoms with Crippen molar-refractivity contribution in [1.29, 1.82) is 0 Å². The quantitative estimate of drug-likeness (QED) is 0.650. The van der Waals surface area contributed by atoms with Gasteiger partial charge in [0.05, 0.1) is 5.60 Å². The second kappa shape index (κ2) is 8.59. The average Bonchev–Trinajstić information content (AvgIpc) is 2.62. The van der Waals surface area contributed by atoms with Crippen LogP contribution in [0.15, 0.2) is 47.4 Å². The van der Waals surface area contributed by atoms with Crippen LogP contribution in [-0.4, -0.2) is 45.0 Å². The Morgan fingerprint density at radius 1 is 1.03 bits per heavy atom. The summed E-state index contributed by atoms with van der Waals surface area (Å²) in [6, 6.07) is 9.87. The van der Waals surface area contributed by atoms with Crippen LogP contribution in [0.5, 0.6) is 0 Å². The number of methoxy groups -OCH3 is 1. The molecule has 0 amide bonds. The monoisotopic (exact) mass is 403 g/mol. The molecule has 0 saturated heterocycles. The summed E-state index contributed by atoms with van der Waals surface area (Å²) in [4.78, 5) is 36.1. The topological polar surface area (TPSA) is 115 Å². The van der Waals surface area contributed by atoms with Gasteiger partial charge in [-0.2, -0.15) is 0 Å². The minimum atomic E-state index is -2.42. The van der Waals surface area contributed by atoms with E-state index in [1.165, 1.54) is 11.7 Å². The highest BCUT2D eigenvalue weighted by Crippen LogP contribution is 2.27. The molecular weight excluding hydrogens is 378 g/mol. The number of aromatic nitrogens is 1. The van der Waals surface area contributed by atoms with Gasteiger partial charge in [-0.3, -0.25) is 9.36 Å². The van der Waals surface area contributed by atoms with E-state index in [2.05, 4.69) is 0 Å². The van der Waals surface area contributed by atoms with Crippen LogP contribution >= 0.6 is 0 Å². The van der Waals surface area contributed by atoms with Crippen LogP contribution in [0.3, 0.4) is 0 Å². The molecule has 0 spiro atoms. The molecule has 0 aliphatic rings. The lowest BCUT2D eigenvalue weighted by molar-refractivity contribution is -0.199. The molecule has 29 heavy (non-hydrogen) atoms. The molecule has 156 valence electrons. The number of aliphatic carboxylic acids is 2. The summed E-state index contributed by atoms with van der Waals surface area (Å²) in [5.74, 6) is -3.15. The van der Waals surface area contributed by atoms with Gasteiger partial charge in [0.1, 0.15) is 6.73 Å². The summed E-state index contributed by atoms with van der Waals surface area (Å²) in [7, 11) is 1.49. The maximum absolute atomic E-state index is 12.5. The molecule has 0 aliphatic heterocycles. The first-order chi connectivity index (χ1) is 13.5. The van der Waals surface area contributed by atoms with E-state index in [-0.39, 0.29) is 18.7 Å². The van der Waals surface area contributed by atoms with Crippen LogP contribution in [-0.2, 0) is 32.2 Å². The predicted octanol–water partition coefficient (Wildman–Crippen LogP) is 2.38. The molecule has 2 rings (SSSR count). The zero-order chi connectivity index (χ0) is 21.8. The first-order valence-corrected chi connectivity index (χ1v) is 8.95. The zero-order valence-corrected chi connectivity index (χ0v) is 16.8. The van der Waals surface area contributed by atoms with Crippen LogP contribution in [0, 0.1) is 0 Å². The number of hydrogen-bond acceptors (Lipinski definition) is 5. The van der Waals surface area contributed by atoms with E-state index < -0.39 is 23.1 Å². The Morgan fingerprint density at radius 2 is 1.62 bits per heavy atom. The smallest absolute Gasteiger partial charge is 0.348 e. The lowest BCUT2D eigenvalue weighted by atomic mass is 9.92. The fourth-order valence-corrected chi connectivity index (χ4v) is 2.98. The highest BCUT2D eigenvalue weighted by molar-refractivity contribution is 6.02. The van der Waals surface area contributed by atoms with Crippen LogP contribution in [0.25, 0.3) is 11.1 Å². The Balaban J connectivity index is 2.39. The summed E-state index contributed by atoms with van der Waals surface area (Å²) in [5.41, 5.74) is -2.10. The van der Waals surface area contributed by atoms with E-state index >= 15 is 0 Å². The number of carbonyl (C=O) groups is 2. The van der Waals surface area contributed by atoms with Gasteiger partial charge < -0.3 is 19.7 Å². The number of ether oxygens (including phenoxy) is 2. The Kier molecular flexibility index (Phi) is 6.61. The number of carboxylic acid groups (broad SMARTS) is 2. The fraction of sp³-hybridized carbons (Fsp3) is 0.381. The number of benzene rings is 1. The highest BCUT2D eigenvalue weighted by Gasteiger charge is 2.50. The largest absolute Gasteiger partial charge is 0.479 e. The Labute approximate surface area is 168 Å². The minimum Gasteiger partial charge on any atom is -0.479 e. The van der Waals surface area contributed by atoms with Crippen molar-refractivity contribution in [3.05, 3.63) is 58.5 Å². The van der Waals surface area contributed by atoms with Crippen molar-refractivity contribution in [3.8, 4) is 11.1 Å². The van der Waals surface area contributed by atoms with Crippen molar-refractivity contribution in [1.82, 2.24) is 4.57 Å². The predicted molar refractivity (Wildman–Crippen MR) is 106 cm³/mol. The van der Waals surface area contributed by atoms with Gasteiger partial charge >= 0.3 is 11.9 Å². The molecule has 0 atom stereocenters. The average molecular weight is 403 g/mol. The molecule has 8 nitrogen and oxygen atoms in total. The zero-order valence-electron chi connectivity index (χ0n) is 16.8. The molecule has 1 aromatic carbocycles. The van der Waals surface area contributed by atoms with Gasteiger partial charge in [0.25, 0.3) is 11.2 Å². The fourth-order valence-electron chi connectivity index (χ4n) is 2.98. The van der Waals surface area contributed by atoms with E-state index in [0.717, 1.165) is 0 Å². The second-order valence-corrected chi connectivity index (χ2v) is 7.64. The van der Waals surface area contributed by atoms with E-state index in [1.807, 2.05) is 0 Å². The van der Waals surface area contributed by atoms with Gasteiger partial charge in [-0.1, -0.05) is 24.3 Å². The first kappa shape index (κ1) is 22.3. The van der Waals surface area contributed by atoms with Crippen molar-refractivity contribution in [2.75, 3.05) is 7.11 Å². The van der Waals surface area contributed by atoms with Crippen molar-refractivity contribution >= 4 is 11.9 Å². The van der Waals surface area contributed by atoms with Crippen molar-refractivity contribution in [3.63, 3.8) is 0 Å². The van der Waals surface area contributed by atoms with Gasteiger partial charge in [0, 0.05) is 25.3 Å². The number of carboxylic acids is 2. The van der Waals surface area contributed by atoms with Crippen LogP contribution in [0.4, 0.5) is 0 Å². The normalized spacial score (nSPS) is 12.0. The van der Waals surface area contributed by atoms with E-state index in [1.54, 1.807) is 63.4 Å². The molecule has 0 bridgehead atoms. The molecule has 1 aromatic heterocycles. The molecule has 0 fully saturated rings. The number of hydrogen-bond donors (Lipinski definition) is 2. The minimum absolute atomic E-state index is 0.120. The van der Waals surface area contributed by atoms with E-state index in [9.17, 15) is 24.6 Å². The van der Waals surface area contributed by atoms with Gasteiger partial charge in [-0.15, -0.1) is 0 Å². The molecule has 2 N–H and O–H groups in total. The maximum atomic E-state index is 12.5. The molecule has 1 heterocycles. The van der Waals surface area contributed by atoms with Crippen LogP contribution in [0.1, 0.15) is 26.3 Å². The molecule has 0 saturated carbocycles. The number of nitrogens with zero attached hydrogens (tertiary/aromatic N) is 1. The van der Waals surface area contributed by atoms with Crippen molar-refractivity contribution < 1.29 is 29.3 Å². The summed E-state index contributed by atoms with van der Waals surface area (Å²) in [6.07, 6.45) is 1.25. The van der Waals surface area contributed by atoms with Gasteiger partial charge in [-0.05, 0) is 44.0 Å². The standard InChI is InChI=1S/C21H25NO7/c1-20(2,3)29-21(18(24)25,19(26)27)12-14-7-9-15(10-8-14)16-6-5-11-22(13-28-4)17(16)23/h5-11H,12-13H2,1-4H3,(H,24,25)(H,26,27). The third-order valence-electron chi connectivity index (χ3n) is 4.18. The lowest BCUT2D eigenvalue weighted by Gasteiger charge is -2.33. The van der Waals surface area contributed by atoms with E-state index in [0.29, 0.717) is 16.7 Å². The summed E-state index contributed by atoms with van der Waals surface area (Å²) >= 11 is 0. The lowest BCUT2D eigenvalue weighted by Crippen LogP contribution is -2.54. The number of pyridine rings is 1. The first-order valence-electron chi connectivity index (χ1n) is 8.95. The van der Waals surface area contributed by atoms with E-state index in [4.69, 9.17) is 9.47 Å². The molecule has 8 heteroatoms. The van der Waals surface area contributed by atoms with Crippen molar-refractivity contribution in [2.45, 2.75) is 45.1 Å². The molecule has 0 aliphatic carbocycles. The van der Waals surface area contributed by atoms with Gasteiger partial charge in [-0.25, -0.2) is 9.59 Å². The second-order valence-electron chi connectivity index (χ2n) is 7.64. The third kappa shape index (κ3) is 5.10. The SMILES string of the molecule is COCn1cccc(-c2ccc(CC(OC(C)(C)C)(C(=O)O)C(=O)O)cc2)c1=O. The highest BCUT2D eigenvalue weighted by atomic mass is 16.6. The van der Waals surface area contributed by atoms with Crippen LogP contribution in [0.2, 0.25) is 0 Å².